The molecule has 1 fully saturated rings. The van der Waals surface area contributed by atoms with E-state index < -0.39 is 18.1 Å². The van der Waals surface area contributed by atoms with Crippen molar-refractivity contribution in [1.82, 2.24) is 19.4 Å². The highest BCUT2D eigenvalue weighted by Crippen LogP contribution is 2.28. The maximum absolute atomic E-state index is 12.5. The van der Waals surface area contributed by atoms with Gasteiger partial charge in [0.15, 0.2) is 0 Å². The van der Waals surface area contributed by atoms with E-state index in [4.69, 9.17) is 14.5 Å². The zero-order chi connectivity index (χ0) is 26.7. The molecule has 2 aromatic heterocycles. The van der Waals surface area contributed by atoms with Crippen LogP contribution in [0, 0.1) is 12.8 Å². The van der Waals surface area contributed by atoms with Crippen LogP contribution in [0.4, 0.5) is 0 Å². The lowest BCUT2D eigenvalue weighted by Gasteiger charge is -2.21. The summed E-state index contributed by atoms with van der Waals surface area (Å²) in [5.74, 6) is 0.545. The standard InChI is InChI=1S/C28H38N4O5/c1-17(2)16-37-28(35)25(19(4)33)29-13-20-8-9-23-24(12-20)32(15-22-7-6-10-36-22)26(30-23)21-11-18(3)27(34)31(5)14-21/h8-9,11-12,14,17,19,22,25,29,33H,6-7,10,13,15-16H2,1-5H3/t19-,22+,25+/m1/s1. The Morgan fingerprint density at radius 1 is 1.30 bits per heavy atom. The van der Waals surface area contributed by atoms with Gasteiger partial charge in [-0.3, -0.25) is 14.9 Å². The number of nitrogens with zero attached hydrogens (tertiary/aromatic N) is 3. The van der Waals surface area contributed by atoms with E-state index >= 15 is 0 Å². The van der Waals surface area contributed by atoms with Crippen LogP contribution in [0.3, 0.4) is 0 Å². The molecule has 0 saturated carbocycles. The lowest BCUT2D eigenvalue weighted by Crippen LogP contribution is -2.45. The van der Waals surface area contributed by atoms with Crippen LogP contribution < -0.4 is 10.9 Å². The molecule has 3 atom stereocenters. The molecule has 37 heavy (non-hydrogen) atoms. The van der Waals surface area contributed by atoms with E-state index in [1.54, 1.807) is 18.5 Å². The van der Waals surface area contributed by atoms with Crippen LogP contribution in [0.1, 0.15) is 44.7 Å². The van der Waals surface area contributed by atoms with Gasteiger partial charge in [0.1, 0.15) is 11.9 Å². The maximum atomic E-state index is 12.5. The van der Waals surface area contributed by atoms with E-state index in [1.807, 2.05) is 45.2 Å². The van der Waals surface area contributed by atoms with E-state index in [1.165, 1.54) is 0 Å². The van der Waals surface area contributed by atoms with Gasteiger partial charge >= 0.3 is 5.97 Å². The van der Waals surface area contributed by atoms with Crippen LogP contribution in [0.5, 0.6) is 0 Å². The first-order valence-corrected chi connectivity index (χ1v) is 13.0. The number of aliphatic hydroxyl groups is 1. The molecule has 3 heterocycles. The van der Waals surface area contributed by atoms with Crippen LogP contribution in [-0.4, -0.2) is 56.7 Å². The SMILES string of the molecule is Cc1cc(-c2nc3ccc(CN[C@H](C(=O)OCC(C)C)[C@@H](C)O)cc3n2C[C@@H]2CCCO2)cn(C)c1=O. The molecule has 4 rings (SSSR count). The van der Waals surface area contributed by atoms with Crippen molar-refractivity contribution in [3.05, 3.63) is 51.9 Å². The number of nitrogens with one attached hydrogen (secondary N) is 1. The highest BCUT2D eigenvalue weighted by Gasteiger charge is 2.26. The Morgan fingerprint density at radius 2 is 2.08 bits per heavy atom. The van der Waals surface area contributed by atoms with Crippen LogP contribution in [0.25, 0.3) is 22.4 Å². The summed E-state index contributed by atoms with van der Waals surface area (Å²) < 4.78 is 15.0. The third-order valence-electron chi connectivity index (χ3n) is 6.66. The molecule has 0 radical (unpaired) electrons. The van der Waals surface area contributed by atoms with E-state index in [-0.39, 0.29) is 17.6 Å². The minimum absolute atomic E-state index is 0.0292. The number of carbonyl (C=O) groups excluding carboxylic acids is 1. The predicted molar refractivity (Wildman–Crippen MR) is 142 cm³/mol. The fourth-order valence-corrected chi connectivity index (χ4v) is 4.69. The molecule has 1 aliphatic heterocycles. The molecular formula is C28H38N4O5. The smallest absolute Gasteiger partial charge is 0.325 e. The normalized spacial score (nSPS) is 17.4. The quantitative estimate of drug-likeness (QED) is 0.404. The number of rotatable bonds is 10. The summed E-state index contributed by atoms with van der Waals surface area (Å²) in [4.78, 5) is 29.7. The summed E-state index contributed by atoms with van der Waals surface area (Å²) in [5, 5.41) is 13.3. The van der Waals surface area contributed by atoms with Crippen molar-refractivity contribution in [2.24, 2.45) is 13.0 Å². The Hall–Kier alpha value is -3.01. The first-order valence-electron chi connectivity index (χ1n) is 13.0. The van der Waals surface area contributed by atoms with Crippen molar-refractivity contribution in [2.45, 2.75) is 71.9 Å². The second kappa shape index (κ2) is 11.6. The second-order valence-corrected chi connectivity index (χ2v) is 10.5. The van der Waals surface area contributed by atoms with Gasteiger partial charge in [-0.15, -0.1) is 0 Å². The fourth-order valence-electron chi connectivity index (χ4n) is 4.69. The van der Waals surface area contributed by atoms with Gasteiger partial charge in [-0.25, -0.2) is 4.98 Å². The molecule has 2 N–H and O–H groups in total. The predicted octanol–water partition coefficient (Wildman–Crippen LogP) is 2.93. The average molecular weight is 511 g/mol. The number of ether oxygens (including phenoxy) is 2. The summed E-state index contributed by atoms with van der Waals surface area (Å²) in [6.45, 7) is 9.43. The second-order valence-electron chi connectivity index (χ2n) is 10.5. The van der Waals surface area contributed by atoms with Crippen molar-refractivity contribution in [3.8, 4) is 11.4 Å². The fraction of sp³-hybridized carbons (Fsp3) is 0.536. The number of hydrogen-bond donors (Lipinski definition) is 2. The lowest BCUT2D eigenvalue weighted by atomic mass is 10.1. The summed E-state index contributed by atoms with van der Waals surface area (Å²) >= 11 is 0. The number of carbonyl (C=O) groups is 1. The van der Waals surface area contributed by atoms with Gasteiger partial charge in [0.05, 0.1) is 36.4 Å². The molecular weight excluding hydrogens is 472 g/mol. The van der Waals surface area contributed by atoms with Gasteiger partial charge in [-0.2, -0.15) is 0 Å². The largest absolute Gasteiger partial charge is 0.464 e. The zero-order valence-electron chi connectivity index (χ0n) is 22.4. The highest BCUT2D eigenvalue weighted by molar-refractivity contribution is 5.81. The molecule has 9 nitrogen and oxygen atoms in total. The summed E-state index contributed by atoms with van der Waals surface area (Å²) in [6, 6.07) is 7.04. The first-order chi connectivity index (χ1) is 17.6. The maximum Gasteiger partial charge on any atom is 0.325 e. The van der Waals surface area contributed by atoms with E-state index in [9.17, 15) is 14.7 Å². The van der Waals surface area contributed by atoms with Crippen LogP contribution in [0.15, 0.2) is 35.3 Å². The van der Waals surface area contributed by atoms with Gasteiger partial charge in [0.2, 0.25) is 0 Å². The molecule has 0 aliphatic carbocycles. The van der Waals surface area contributed by atoms with E-state index in [0.29, 0.717) is 25.3 Å². The van der Waals surface area contributed by atoms with Crippen LogP contribution in [-0.2, 0) is 34.4 Å². The third kappa shape index (κ3) is 6.29. The van der Waals surface area contributed by atoms with Crippen molar-refractivity contribution in [1.29, 1.82) is 0 Å². The Morgan fingerprint density at radius 3 is 2.73 bits per heavy atom. The zero-order valence-corrected chi connectivity index (χ0v) is 22.4. The molecule has 0 amide bonds. The minimum atomic E-state index is -0.895. The monoisotopic (exact) mass is 510 g/mol. The molecule has 0 spiro atoms. The lowest BCUT2D eigenvalue weighted by molar-refractivity contribution is -0.150. The molecule has 1 saturated heterocycles. The Kier molecular flexibility index (Phi) is 8.46. The molecule has 0 unspecified atom stereocenters. The number of fused-ring (bicyclic) bond motifs is 1. The van der Waals surface area contributed by atoms with Gasteiger partial charge < -0.3 is 23.7 Å². The number of esters is 1. The third-order valence-corrected chi connectivity index (χ3v) is 6.66. The number of benzene rings is 1. The number of aryl methyl sites for hydroxylation is 2. The number of hydrogen-bond acceptors (Lipinski definition) is 7. The van der Waals surface area contributed by atoms with Gasteiger partial charge in [-0.05, 0) is 56.4 Å². The molecule has 1 aromatic carbocycles. The summed E-state index contributed by atoms with van der Waals surface area (Å²) in [5.41, 5.74) is 4.24. The molecule has 0 bridgehead atoms. The first kappa shape index (κ1) is 27.0. The van der Waals surface area contributed by atoms with Crippen molar-refractivity contribution in [2.75, 3.05) is 13.2 Å². The van der Waals surface area contributed by atoms with E-state index in [2.05, 4.69) is 16.0 Å². The number of pyridine rings is 1. The van der Waals surface area contributed by atoms with Crippen molar-refractivity contribution in [3.63, 3.8) is 0 Å². The molecule has 3 aromatic rings. The van der Waals surface area contributed by atoms with Crippen molar-refractivity contribution < 1.29 is 19.4 Å². The van der Waals surface area contributed by atoms with Crippen LogP contribution >= 0.6 is 0 Å². The van der Waals surface area contributed by atoms with Crippen molar-refractivity contribution >= 4 is 17.0 Å². The minimum Gasteiger partial charge on any atom is -0.464 e. The number of aromatic nitrogens is 3. The number of imidazole rings is 1. The topological polar surface area (TPSA) is 108 Å². The summed E-state index contributed by atoms with van der Waals surface area (Å²) in [7, 11) is 1.75. The summed E-state index contributed by atoms with van der Waals surface area (Å²) in [6.07, 6.45) is 3.05. The van der Waals surface area contributed by atoms with E-state index in [0.717, 1.165) is 47.4 Å². The molecule has 200 valence electrons. The highest BCUT2D eigenvalue weighted by atomic mass is 16.5. The van der Waals surface area contributed by atoms with Gasteiger partial charge in [-0.1, -0.05) is 19.9 Å². The molecule has 1 aliphatic rings. The molecule has 9 heteroatoms. The van der Waals surface area contributed by atoms with Gasteiger partial charge in [0, 0.05) is 37.5 Å². The Bertz CT molecular complexity index is 1280. The van der Waals surface area contributed by atoms with Gasteiger partial charge in [0.25, 0.3) is 5.56 Å². The average Bonchev–Trinajstić information content (AvgIpc) is 3.49. The van der Waals surface area contributed by atoms with Crippen LogP contribution in [0.2, 0.25) is 0 Å². The number of aliphatic hydroxyl groups excluding tert-OH is 1. The Balaban J connectivity index is 1.65. The Labute approximate surface area is 217 Å².